The molecule has 3 rings (SSSR count). The summed E-state index contributed by atoms with van der Waals surface area (Å²) in [6.07, 6.45) is 0.319. The second kappa shape index (κ2) is 6.81. The fourth-order valence-corrected chi connectivity index (χ4v) is 2.69. The number of rotatable bonds is 5. The van der Waals surface area contributed by atoms with Crippen LogP contribution in [-0.4, -0.2) is 25.6 Å². The quantitative estimate of drug-likeness (QED) is 0.859. The Labute approximate surface area is 134 Å². The number of nitrogens with one attached hydrogen (secondary N) is 1. The van der Waals surface area contributed by atoms with Gasteiger partial charge in [-0.3, -0.25) is 4.79 Å². The van der Waals surface area contributed by atoms with Gasteiger partial charge in [0, 0.05) is 35.1 Å². The van der Waals surface area contributed by atoms with Crippen LogP contribution < -0.4 is 10.2 Å². The van der Waals surface area contributed by atoms with Gasteiger partial charge in [0.05, 0.1) is 6.61 Å². The molecule has 1 heterocycles. The highest BCUT2D eigenvalue weighted by Gasteiger charge is 2.25. The first kappa shape index (κ1) is 14.9. The van der Waals surface area contributed by atoms with Crippen molar-refractivity contribution in [1.82, 2.24) is 0 Å². The average Bonchev–Trinajstić information content (AvgIpc) is 2.56. The molecule has 0 saturated heterocycles. The summed E-state index contributed by atoms with van der Waals surface area (Å²) in [5, 5.41) is 4.04. The van der Waals surface area contributed by atoms with Gasteiger partial charge < -0.3 is 15.0 Å². The van der Waals surface area contributed by atoms with Crippen molar-refractivity contribution in [3.8, 4) is 0 Å². The van der Waals surface area contributed by atoms with Gasteiger partial charge in [-0.05, 0) is 30.3 Å². The maximum Gasteiger partial charge on any atom is 0.187 e. The van der Waals surface area contributed by atoms with Crippen molar-refractivity contribution in [2.75, 3.05) is 23.3 Å². The van der Waals surface area contributed by atoms with E-state index in [4.69, 9.17) is 16.3 Å². The van der Waals surface area contributed by atoms with Crippen LogP contribution >= 0.6 is 11.6 Å². The molecule has 0 amide bonds. The molecule has 0 saturated carbocycles. The van der Waals surface area contributed by atoms with Gasteiger partial charge in [-0.25, -0.2) is 0 Å². The van der Waals surface area contributed by atoms with Crippen molar-refractivity contribution in [3.05, 3.63) is 59.1 Å². The van der Waals surface area contributed by atoms with Gasteiger partial charge in [0.1, 0.15) is 0 Å². The lowest BCUT2D eigenvalue weighted by Gasteiger charge is -2.35. The minimum absolute atomic E-state index is 0.473. The predicted molar refractivity (Wildman–Crippen MR) is 88.4 cm³/mol. The number of ether oxygens (including phenoxy) is 1. The summed E-state index contributed by atoms with van der Waals surface area (Å²) in [7, 11) is 0. The number of carbonyl (C=O) groups is 1. The minimum atomic E-state index is -0.526. The van der Waals surface area contributed by atoms with Crippen molar-refractivity contribution < 1.29 is 9.53 Å². The Bertz CT molecular complexity index is 645. The lowest BCUT2D eigenvalue weighted by molar-refractivity contribution is -0.119. The first-order valence-corrected chi connectivity index (χ1v) is 7.56. The Morgan fingerprint density at radius 3 is 2.77 bits per heavy atom. The topological polar surface area (TPSA) is 41.6 Å². The molecule has 0 radical (unpaired) electrons. The first-order valence-electron chi connectivity index (χ1n) is 7.19. The van der Waals surface area contributed by atoms with Crippen molar-refractivity contribution in [3.63, 3.8) is 0 Å². The number of benzene rings is 2. The van der Waals surface area contributed by atoms with Crippen LogP contribution in [0.5, 0.6) is 0 Å². The van der Waals surface area contributed by atoms with Crippen LogP contribution in [0.4, 0.5) is 11.4 Å². The second-order valence-electron chi connectivity index (χ2n) is 5.09. The molecule has 0 aromatic heterocycles. The van der Waals surface area contributed by atoms with Crippen LogP contribution in [-0.2, 0) is 16.1 Å². The van der Waals surface area contributed by atoms with Gasteiger partial charge in [0.25, 0.3) is 0 Å². The summed E-state index contributed by atoms with van der Waals surface area (Å²) >= 11 is 5.87. The fourth-order valence-electron chi connectivity index (χ4n) is 2.56. The van der Waals surface area contributed by atoms with E-state index in [9.17, 15) is 4.79 Å². The molecule has 0 aliphatic carbocycles. The molecule has 1 unspecified atom stereocenters. The monoisotopic (exact) mass is 316 g/mol. The highest BCUT2D eigenvalue weighted by molar-refractivity contribution is 6.30. The number of halogens is 1. The normalized spacial score (nSPS) is 17.0. The van der Waals surface area contributed by atoms with Crippen molar-refractivity contribution in [1.29, 1.82) is 0 Å². The molecule has 1 aliphatic rings. The third-order valence-corrected chi connectivity index (χ3v) is 3.91. The summed E-state index contributed by atoms with van der Waals surface area (Å²) in [5.74, 6) is 0. The molecule has 1 aliphatic heterocycles. The highest BCUT2D eigenvalue weighted by atomic mass is 35.5. The third kappa shape index (κ3) is 3.24. The van der Waals surface area contributed by atoms with E-state index in [1.54, 1.807) is 0 Å². The molecule has 0 spiro atoms. The summed E-state index contributed by atoms with van der Waals surface area (Å²) in [5.41, 5.74) is 3.16. The second-order valence-corrected chi connectivity index (χ2v) is 5.53. The molecule has 0 fully saturated rings. The largest absolute Gasteiger partial charge is 0.383 e. The lowest BCUT2D eigenvalue weighted by Crippen LogP contribution is -2.44. The Hall–Kier alpha value is -2.04. The molecular weight excluding hydrogens is 300 g/mol. The Morgan fingerprint density at radius 2 is 2.00 bits per heavy atom. The van der Waals surface area contributed by atoms with Crippen molar-refractivity contribution >= 4 is 29.3 Å². The van der Waals surface area contributed by atoms with Crippen molar-refractivity contribution in [2.24, 2.45) is 0 Å². The predicted octanol–water partition coefficient (Wildman–Crippen LogP) is 3.31. The van der Waals surface area contributed by atoms with Gasteiger partial charge in [-0.2, -0.15) is 0 Å². The summed E-state index contributed by atoms with van der Waals surface area (Å²) < 4.78 is 5.60. The number of hydrogen-bond acceptors (Lipinski definition) is 4. The van der Waals surface area contributed by atoms with Crippen LogP contribution in [0.3, 0.4) is 0 Å². The van der Waals surface area contributed by atoms with Gasteiger partial charge >= 0.3 is 0 Å². The molecular formula is C17H17ClN2O2. The maximum atomic E-state index is 11.2. The van der Waals surface area contributed by atoms with Crippen LogP contribution in [0.25, 0.3) is 0 Å². The molecule has 2 aromatic carbocycles. The Kier molecular flexibility index (Phi) is 4.61. The Balaban J connectivity index is 1.67. The number of aldehydes is 1. The van der Waals surface area contributed by atoms with Crippen LogP contribution in [0.1, 0.15) is 5.56 Å². The standard InChI is InChI=1S/C17H17ClN2O2/c18-14-5-7-15(8-6-14)19-9-10-20-16-4-2-1-3-13(16)12-22-17(20)11-21/h1-8,11,17,19H,9-10,12H2. The van der Waals surface area contributed by atoms with E-state index >= 15 is 0 Å². The van der Waals surface area contributed by atoms with Crippen LogP contribution in [0.2, 0.25) is 5.02 Å². The van der Waals surface area contributed by atoms with E-state index < -0.39 is 6.23 Å². The van der Waals surface area contributed by atoms with E-state index in [0.29, 0.717) is 24.7 Å². The number of hydrogen-bond donors (Lipinski definition) is 1. The fraction of sp³-hybridized carbons (Fsp3) is 0.235. The van der Waals surface area contributed by atoms with Gasteiger partial charge in [0.2, 0.25) is 0 Å². The summed E-state index contributed by atoms with van der Waals surface area (Å²) in [4.78, 5) is 13.2. The van der Waals surface area contributed by atoms with Gasteiger partial charge in [0.15, 0.2) is 12.5 Å². The lowest BCUT2D eigenvalue weighted by atomic mass is 10.1. The maximum absolute atomic E-state index is 11.2. The molecule has 114 valence electrons. The average molecular weight is 317 g/mol. The van der Waals surface area contributed by atoms with Crippen LogP contribution in [0.15, 0.2) is 48.5 Å². The van der Waals surface area contributed by atoms with E-state index in [1.807, 2.05) is 53.4 Å². The molecule has 0 bridgehead atoms. The van der Waals surface area contributed by atoms with Crippen molar-refractivity contribution in [2.45, 2.75) is 12.8 Å². The van der Waals surface area contributed by atoms with Gasteiger partial charge in [-0.1, -0.05) is 29.8 Å². The van der Waals surface area contributed by atoms with Crippen LogP contribution in [0, 0.1) is 0 Å². The molecule has 1 atom stereocenters. The molecule has 4 nitrogen and oxygen atoms in total. The zero-order chi connectivity index (χ0) is 15.4. The minimum Gasteiger partial charge on any atom is -0.383 e. The zero-order valence-corrected chi connectivity index (χ0v) is 12.8. The smallest absolute Gasteiger partial charge is 0.187 e. The van der Waals surface area contributed by atoms with E-state index in [1.165, 1.54) is 0 Å². The number of anilines is 2. The number of fused-ring (bicyclic) bond motifs is 1. The molecule has 2 aromatic rings. The molecule has 1 N–H and O–H groups in total. The zero-order valence-electron chi connectivity index (χ0n) is 12.0. The van der Waals surface area contributed by atoms with E-state index in [-0.39, 0.29) is 0 Å². The third-order valence-electron chi connectivity index (χ3n) is 3.66. The number of nitrogens with zero attached hydrogens (tertiary/aromatic N) is 1. The van der Waals surface area contributed by atoms with E-state index in [0.717, 1.165) is 23.2 Å². The molecule has 22 heavy (non-hydrogen) atoms. The summed E-state index contributed by atoms with van der Waals surface area (Å²) in [6, 6.07) is 15.6. The molecule has 5 heteroatoms. The SMILES string of the molecule is O=CC1OCc2ccccc2N1CCNc1ccc(Cl)cc1. The van der Waals surface area contributed by atoms with E-state index in [2.05, 4.69) is 5.32 Å². The Morgan fingerprint density at radius 1 is 1.23 bits per heavy atom. The first-order chi connectivity index (χ1) is 10.8. The number of para-hydroxylation sites is 1. The summed E-state index contributed by atoms with van der Waals surface area (Å²) in [6.45, 7) is 1.84. The number of carbonyl (C=O) groups excluding carboxylic acids is 1. The highest BCUT2D eigenvalue weighted by Crippen LogP contribution is 2.28. The van der Waals surface area contributed by atoms with Gasteiger partial charge in [-0.15, -0.1) is 0 Å².